The van der Waals surface area contributed by atoms with Gasteiger partial charge in [0.1, 0.15) is 11.5 Å². The van der Waals surface area contributed by atoms with Crippen LogP contribution in [-0.2, 0) is 19.4 Å². The molecule has 0 bridgehead atoms. The summed E-state index contributed by atoms with van der Waals surface area (Å²) in [6.07, 6.45) is 0.0669. The molecule has 0 radical (unpaired) electrons. The molecule has 8 nitrogen and oxygen atoms in total. The van der Waals surface area contributed by atoms with E-state index in [2.05, 4.69) is 10.6 Å². The first-order chi connectivity index (χ1) is 14.8. The van der Waals surface area contributed by atoms with E-state index in [4.69, 9.17) is 9.47 Å². The van der Waals surface area contributed by atoms with Crippen LogP contribution in [0.25, 0.3) is 0 Å². The van der Waals surface area contributed by atoms with Gasteiger partial charge in [0.05, 0.1) is 25.7 Å². The van der Waals surface area contributed by atoms with Crippen LogP contribution < -0.4 is 20.1 Å². The summed E-state index contributed by atoms with van der Waals surface area (Å²) in [5.74, 6) is -0.242. The number of carbonyl (C=O) groups excluding carboxylic acids is 2. The maximum atomic E-state index is 12.5. The highest BCUT2D eigenvalue weighted by atomic mass is 32.2. The first kappa shape index (κ1) is 22.6. The van der Waals surface area contributed by atoms with Crippen molar-refractivity contribution in [3.63, 3.8) is 0 Å². The SMILES string of the molecule is COc1ccc(NC(=O)C[C@@H]2CS(=O)(=O)C[C@@H]2CC(=O)Nc2ccc(OC)cc2)cc1. The molecular weight excluding hydrogens is 420 g/mol. The van der Waals surface area contributed by atoms with Crippen LogP contribution in [-0.4, -0.2) is 46.0 Å². The molecule has 2 aromatic rings. The second kappa shape index (κ2) is 9.82. The molecular formula is C22H26N2O6S. The van der Waals surface area contributed by atoms with Crippen molar-refractivity contribution in [1.29, 1.82) is 0 Å². The predicted molar refractivity (Wildman–Crippen MR) is 118 cm³/mol. The fourth-order valence-corrected chi connectivity index (χ4v) is 5.91. The normalized spacial score (nSPS) is 19.4. The minimum absolute atomic E-state index is 0.0335. The smallest absolute Gasteiger partial charge is 0.224 e. The minimum atomic E-state index is -3.29. The van der Waals surface area contributed by atoms with Gasteiger partial charge in [0.25, 0.3) is 0 Å². The molecule has 1 aliphatic rings. The highest BCUT2D eigenvalue weighted by Gasteiger charge is 2.39. The molecule has 2 atom stereocenters. The lowest BCUT2D eigenvalue weighted by Gasteiger charge is -2.17. The molecule has 1 aliphatic heterocycles. The van der Waals surface area contributed by atoms with E-state index < -0.39 is 21.7 Å². The molecule has 31 heavy (non-hydrogen) atoms. The van der Waals surface area contributed by atoms with Gasteiger partial charge in [0.15, 0.2) is 9.84 Å². The second-order valence-electron chi connectivity index (χ2n) is 7.56. The van der Waals surface area contributed by atoms with E-state index in [1.807, 2.05) is 0 Å². The summed E-state index contributed by atoms with van der Waals surface area (Å²) in [4.78, 5) is 24.9. The van der Waals surface area contributed by atoms with Crippen molar-refractivity contribution in [2.75, 3.05) is 36.4 Å². The topological polar surface area (TPSA) is 111 Å². The van der Waals surface area contributed by atoms with E-state index in [1.54, 1.807) is 62.8 Å². The quantitative estimate of drug-likeness (QED) is 0.645. The number of rotatable bonds is 8. The summed E-state index contributed by atoms with van der Waals surface area (Å²) >= 11 is 0. The van der Waals surface area contributed by atoms with Crippen molar-refractivity contribution >= 4 is 33.0 Å². The fourth-order valence-electron chi connectivity index (χ4n) is 3.69. The van der Waals surface area contributed by atoms with E-state index >= 15 is 0 Å². The Morgan fingerprint density at radius 2 is 1.13 bits per heavy atom. The number of ether oxygens (including phenoxy) is 2. The number of amides is 2. The Bertz CT molecular complexity index is 941. The molecule has 1 heterocycles. The van der Waals surface area contributed by atoms with Gasteiger partial charge in [-0.15, -0.1) is 0 Å². The molecule has 0 saturated carbocycles. The molecule has 2 N–H and O–H groups in total. The van der Waals surface area contributed by atoms with Crippen molar-refractivity contribution < 1.29 is 27.5 Å². The maximum Gasteiger partial charge on any atom is 0.224 e. The third-order valence-corrected chi connectivity index (χ3v) is 7.12. The van der Waals surface area contributed by atoms with Gasteiger partial charge in [-0.2, -0.15) is 0 Å². The van der Waals surface area contributed by atoms with Crippen molar-refractivity contribution in [3.8, 4) is 11.5 Å². The third-order valence-electron chi connectivity index (χ3n) is 5.25. The van der Waals surface area contributed by atoms with Crippen LogP contribution >= 0.6 is 0 Å². The predicted octanol–water partition coefficient (Wildman–Crippen LogP) is 2.72. The van der Waals surface area contributed by atoms with Gasteiger partial charge >= 0.3 is 0 Å². The zero-order valence-electron chi connectivity index (χ0n) is 17.5. The Balaban J connectivity index is 1.59. The van der Waals surface area contributed by atoms with Crippen LogP contribution in [0.4, 0.5) is 11.4 Å². The summed E-state index contributed by atoms with van der Waals surface area (Å²) in [5, 5.41) is 5.54. The monoisotopic (exact) mass is 446 g/mol. The summed E-state index contributed by atoms with van der Waals surface area (Å²) in [6.45, 7) is 0. The van der Waals surface area contributed by atoms with Gasteiger partial charge in [-0.3, -0.25) is 9.59 Å². The van der Waals surface area contributed by atoms with Crippen LogP contribution in [0.2, 0.25) is 0 Å². The fraction of sp³-hybridized carbons (Fsp3) is 0.364. The Morgan fingerprint density at radius 1 is 0.774 bits per heavy atom. The van der Waals surface area contributed by atoms with E-state index in [1.165, 1.54) is 0 Å². The molecule has 0 aromatic heterocycles. The molecule has 166 valence electrons. The molecule has 3 rings (SSSR count). The largest absolute Gasteiger partial charge is 0.497 e. The standard InChI is InChI=1S/C22H26N2O6S/c1-29-19-7-3-17(4-8-19)23-21(25)11-15-13-31(27,28)14-16(15)12-22(26)24-18-5-9-20(30-2)10-6-18/h3-10,15-16H,11-14H2,1-2H3,(H,23,25)(H,24,26)/t15-,16+. The summed E-state index contributed by atoms with van der Waals surface area (Å²) in [6, 6.07) is 13.7. The number of benzene rings is 2. The molecule has 0 spiro atoms. The zero-order valence-corrected chi connectivity index (χ0v) is 18.3. The number of anilines is 2. The molecule has 2 aromatic carbocycles. The van der Waals surface area contributed by atoms with E-state index in [9.17, 15) is 18.0 Å². The van der Waals surface area contributed by atoms with Crippen molar-refractivity contribution in [1.82, 2.24) is 0 Å². The van der Waals surface area contributed by atoms with Crippen molar-refractivity contribution in [2.45, 2.75) is 12.8 Å². The highest BCUT2D eigenvalue weighted by Crippen LogP contribution is 2.31. The number of carbonyl (C=O) groups is 2. The van der Waals surface area contributed by atoms with E-state index in [0.717, 1.165) is 0 Å². The highest BCUT2D eigenvalue weighted by molar-refractivity contribution is 7.91. The lowest BCUT2D eigenvalue weighted by molar-refractivity contribution is -0.119. The van der Waals surface area contributed by atoms with Gasteiger partial charge in [0, 0.05) is 24.2 Å². The number of nitrogens with one attached hydrogen (secondary N) is 2. The number of hydrogen-bond acceptors (Lipinski definition) is 6. The van der Waals surface area contributed by atoms with Crippen LogP contribution in [0.15, 0.2) is 48.5 Å². The van der Waals surface area contributed by atoms with Crippen LogP contribution in [0.1, 0.15) is 12.8 Å². The third kappa shape index (κ3) is 6.45. The first-order valence-corrected chi connectivity index (χ1v) is 11.7. The lowest BCUT2D eigenvalue weighted by Crippen LogP contribution is -2.25. The van der Waals surface area contributed by atoms with Gasteiger partial charge in [-0.25, -0.2) is 8.42 Å². The van der Waals surface area contributed by atoms with Crippen molar-refractivity contribution in [2.24, 2.45) is 11.8 Å². The molecule has 1 fully saturated rings. The van der Waals surface area contributed by atoms with Gasteiger partial charge < -0.3 is 20.1 Å². The van der Waals surface area contributed by atoms with Gasteiger partial charge in [0.2, 0.25) is 11.8 Å². The van der Waals surface area contributed by atoms with Gasteiger partial charge in [-0.1, -0.05) is 0 Å². The van der Waals surface area contributed by atoms with Crippen molar-refractivity contribution in [3.05, 3.63) is 48.5 Å². The first-order valence-electron chi connectivity index (χ1n) is 9.86. The summed E-state index contributed by atoms with van der Waals surface area (Å²) < 4.78 is 34.5. The average Bonchev–Trinajstić information content (AvgIpc) is 3.01. The average molecular weight is 447 g/mol. The zero-order chi connectivity index (χ0) is 22.4. The molecule has 2 amide bonds. The number of hydrogen-bond donors (Lipinski definition) is 2. The van der Waals surface area contributed by atoms with E-state index in [0.29, 0.717) is 22.9 Å². The van der Waals surface area contributed by atoms with Crippen LogP contribution in [0, 0.1) is 11.8 Å². The van der Waals surface area contributed by atoms with Crippen LogP contribution in [0.3, 0.4) is 0 Å². The maximum absolute atomic E-state index is 12.5. The van der Waals surface area contributed by atoms with E-state index in [-0.39, 0.29) is 36.2 Å². The van der Waals surface area contributed by atoms with Gasteiger partial charge in [-0.05, 0) is 60.4 Å². The summed E-state index contributed by atoms with van der Waals surface area (Å²) in [5.41, 5.74) is 1.20. The molecule has 0 unspecified atom stereocenters. The Kier molecular flexibility index (Phi) is 7.17. The Hall–Kier alpha value is -3.07. The number of sulfone groups is 1. The molecule has 9 heteroatoms. The Morgan fingerprint density at radius 3 is 1.45 bits per heavy atom. The second-order valence-corrected chi connectivity index (χ2v) is 9.71. The Labute approximate surface area is 181 Å². The number of methoxy groups -OCH3 is 2. The van der Waals surface area contributed by atoms with Crippen LogP contribution in [0.5, 0.6) is 11.5 Å². The molecule has 1 saturated heterocycles. The summed E-state index contributed by atoms with van der Waals surface area (Å²) in [7, 11) is -0.183. The molecule has 0 aliphatic carbocycles. The minimum Gasteiger partial charge on any atom is -0.497 e. The lowest BCUT2D eigenvalue weighted by atomic mass is 9.89.